The third-order valence-corrected chi connectivity index (χ3v) is 5.09. The van der Waals surface area contributed by atoms with Gasteiger partial charge in [-0.15, -0.1) is 0 Å². The van der Waals surface area contributed by atoms with E-state index in [9.17, 15) is 4.79 Å². The molecule has 0 fully saturated rings. The number of nitrogens with two attached hydrogens (primary N) is 1. The number of amides is 1. The lowest BCUT2D eigenvalue weighted by molar-refractivity contribution is -0.132. The van der Waals surface area contributed by atoms with Crippen LogP contribution < -0.4 is 5.73 Å². The molecule has 25 heavy (non-hydrogen) atoms. The Bertz CT molecular complexity index is 683. The van der Waals surface area contributed by atoms with E-state index in [1.807, 2.05) is 11.0 Å². The molecule has 0 aromatic heterocycles. The number of unbranched alkanes of at least 4 members (excludes halogenated alkanes) is 3. The second kappa shape index (κ2) is 8.82. The van der Waals surface area contributed by atoms with Gasteiger partial charge in [-0.05, 0) is 36.1 Å². The van der Waals surface area contributed by atoms with Gasteiger partial charge < -0.3 is 10.6 Å². The van der Waals surface area contributed by atoms with Crippen LogP contribution in [-0.2, 0) is 11.3 Å². The van der Waals surface area contributed by atoms with Gasteiger partial charge in [0.15, 0.2) is 0 Å². The van der Waals surface area contributed by atoms with Crippen LogP contribution >= 0.6 is 0 Å². The van der Waals surface area contributed by atoms with Gasteiger partial charge in [-0.1, -0.05) is 67.4 Å². The maximum absolute atomic E-state index is 12.7. The summed E-state index contributed by atoms with van der Waals surface area (Å²) >= 11 is 0. The predicted octanol–water partition coefficient (Wildman–Crippen LogP) is 4.07. The molecule has 0 saturated heterocycles. The van der Waals surface area contributed by atoms with Gasteiger partial charge in [0.2, 0.25) is 5.91 Å². The molecule has 0 aliphatic carbocycles. The number of carbonyl (C=O) groups excluding carboxylic acids is 1. The van der Waals surface area contributed by atoms with Gasteiger partial charge in [-0.2, -0.15) is 0 Å². The van der Waals surface area contributed by atoms with Crippen LogP contribution in [0.5, 0.6) is 0 Å². The molecule has 2 N–H and O–H groups in total. The fourth-order valence-corrected chi connectivity index (χ4v) is 3.70. The van der Waals surface area contributed by atoms with Crippen LogP contribution in [0.2, 0.25) is 0 Å². The van der Waals surface area contributed by atoms with Crippen LogP contribution in [0, 0.1) is 0 Å². The lowest BCUT2D eigenvalue weighted by Crippen LogP contribution is -2.38. The monoisotopic (exact) mass is 336 g/mol. The summed E-state index contributed by atoms with van der Waals surface area (Å²) in [5.41, 5.74) is 9.45. The van der Waals surface area contributed by atoms with E-state index in [4.69, 9.17) is 5.73 Å². The number of carbonyl (C=O) groups is 1. The Morgan fingerprint density at radius 2 is 1.68 bits per heavy atom. The Hall–Kier alpha value is -2.13. The van der Waals surface area contributed by atoms with Crippen LogP contribution in [0.3, 0.4) is 0 Å². The zero-order valence-electron chi connectivity index (χ0n) is 14.9. The third-order valence-electron chi connectivity index (χ3n) is 5.09. The standard InChI is InChI=1S/C22H28N2O/c23-15-9-2-1-6-14-22(25)24-16-19-12-7-8-13-20(19)21(17-24)18-10-4-3-5-11-18/h3-5,7-8,10-13,21H,1-2,6,9,14-17,23H2. The zero-order valence-corrected chi connectivity index (χ0v) is 14.9. The molecular weight excluding hydrogens is 308 g/mol. The Morgan fingerprint density at radius 1 is 0.960 bits per heavy atom. The summed E-state index contributed by atoms with van der Waals surface area (Å²) in [5.74, 6) is 0.551. The molecule has 0 bridgehead atoms. The van der Waals surface area contributed by atoms with Gasteiger partial charge in [0.25, 0.3) is 0 Å². The Balaban J connectivity index is 1.70. The largest absolute Gasteiger partial charge is 0.337 e. The molecule has 0 spiro atoms. The summed E-state index contributed by atoms with van der Waals surface area (Å²) in [6, 6.07) is 19.1. The molecule has 2 aromatic rings. The van der Waals surface area contributed by atoms with Gasteiger partial charge in [-0.25, -0.2) is 0 Å². The number of rotatable bonds is 7. The SMILES string of the molecule is NCCCCCCC(=O)N1Cc2ccccc2C(c2ccccc2)C1. The minimum Gasteiger partial charge on any atom is -0.337 e. The second-order valence-corrected chi connectivity index (χ2v) is 6.89. The highest BCUT2D eigenvalue weighted by atomic mass is 16.2. The van der Waals surface area contributed by atoms with E-state index in [-0.39, 0.29) is 11.8 Å². The highest BCUT2D eigenvalue weighted by molar-refractivity contribution is 5.76. The summed E-state index contributed by atoms with van der Waals surface area (Å²) in [5, 5.41) is 0. The van der Waals surface area contributed by atoms with Crippen molar-refractivity contribution in [1.82, 2.24) is 4.90 Å². The zero-order chi connectivity index (χ0) is 17.5. The maximum atomic E-state index is 12.7. The van der Waals surface area contributed by atoms with E-state index in [1.54, 1.807) is 0 Å². The molecule has 1 unspecified atom stereocenters. The molecule has 0 radical (unpaired) electrons. The maximum Gasteiger partial charge on any atom is 0.222 e. The number of hydrogen-bond acceptors (Lipinski definition) is 2. The van der Waals surface area contributed by atoms with E-state index >= 15 is 0 Å². The number of nitrogens with zero attached hydrogens (tertiary/aromatic N) is 1. The fraction of sp³-hybridized carbons (Fsp3) is 0.409. The van der Waals surface area contributed by atoms with Crippen LogP contribution in [0.25, 0.3) is 0 Å². The molecule has 132 valence electrons. The molecule has 1 heterocycles. The normalized spacial score (nSPS) is 16.5. The fourth-order valence-electron chi connectivity index (χ4n) is 3.70. The van der Waals surface area contributed by atoms with Gasteiger partial charge in [0.05, 0.1) is 0 Å². The predicted molar refractivity (Wildman–Crippen MR) is 102 cm³/mol. The van der Waals surface area contributed by atoms with Crippen molar-refractivity contribution in [2.24, 2.45) is 5.73 Å². The van der Waals surface area contributed by atoms with Crippen molar-refractivity contribution in [1.29, 1.82) is 0 Å². The van der Waals surface area contributed by atoms with Gasteiger partial charge in [-0.3, -0.25) is 4.79 Å². The van der Waals surface area contributed by atoms with Crippen molar-refractivity contribution in [3.05, 3.63) is 71.3 Å². The van der Waals surface area contributed by atoms with Crippen molar-refractivity contribution in [2.45, 2.75) is 44.6 Å². The Labute approximate surface area is 150 Å². The van der Waals surface area contributed by atoms with Gasteiger partial charge >= 0.3 is 0 Å². The minimum absolute atomic E-state index is 0.271. The summed E-state index contributed by atoms with van der Waals surface area (Å²) in [4.78, 5) is 14.8. The average molecular weight is 336 g/mol. The second-order valence-electron chi connectivity index (χ2n) is 6.89. The quantitative estimate of drug-likeness (QED) is 0.775. The molecular formula is C22H28N2O. The molecule has 0 saturated carbocycles. The van der Waals surface area contributed by atoms with E-state index in [1.165, 1.54) is 16.7 Å². The van der Waals surface area contributed by atoms with Crippen molar-refractivity contribution < 1.29 is 4.79 Å². The Morgan fingerprint density at radius 3 is 2.48 bits per heavy atom. The molecule has 3 rings (SSSR count). The van der Waals surface area contributed by atoms with E-state index in [2.05, 4.69) is 48.5 Å². The highest BCUT2D eigenvalue weighted by Crippen LogP contribution is 2.33. The summed E-state index contributed by atoms with van der Waals surface area (Å²) < 4.78 is 0. The molecule has 3 heteroatoms. The van der Waals surface area contributed by atoms with Crippen molar-refractivity contribution >= 4 is 5.91 Å². The van der Waals surface area contributed by atoms with Crippen LogP contribution in [0.4, 0.5) is 0 Å². The van der Waals surface area contributed by atoms with E-state index in [0.29, 0.717) is 6.42 Å². The molecule has 3 nitrogen and oxygen atoms in total. The minimum atomic E-state index is 0.271. The van der Waals surface area contributed by atoms with Crippen molar-refractivity contribution in [2.75, 3.05) is 13.1 Å². The smallest absolute Gasteiger partial charge is 0.222 e. The molecule has 1 amide bonds. The molecule has 1 aliphatic rings. The lowest BCUT2D eigenvalue weighted by Gasteiger charge is -2.35. The lowest BCUT2D eigenvalue weighted by atomic mass is 9.84. The summed E-state index contributed by atoms with van der Waals surface area (Å²) in [6.07, 6.45) is 4.89. The first-order valence-corrected chi connectivity index (χ1v) is 9.40. The van der Waals surface area contributed by atoms with Gasteiger partial charge in [0, 0.05) is 25.4 Å². The molecule has 2 aromatic carbocycles. The summed E-state index contributed by atoms with van der Waals surface area (Å²) in [6.45, 7) is 2.26. The first-order valence-electron chi connectivity index (χ1n) is 9.40. The molecule has 1 aliphatic heterocycles. The van der Waals surface area contributed by atoms with Crippen LogP contribution in [0.1, 0.15) is 54.7 Å². The number of hydrogen-bond donors (Lipinski definition) is 1. The van der Waals surface area contributed by atoms with Crippen molar-refractivity contribution in [3.63, 3.8) is 0 Å². The van der Waals surface area contributed by atoms with Crippen molar-refractivity contribution in [3.8, 4) is 0 Å². The highest BCUT2D eigenvalue weighted by Gasteiger charge is 2.28. The Kier molecular flexibility index (Phi) is 6.24. The third kappa shape index (κ3) is 4.49. The van der Waals surface area contributed by atoms with Gasteiger partial charge in [0.1, 0.15) is 0 Å². The summed E-state index contributed by atoms with van der Waals surface area (Å²) in [7, 11) is 0. The molecule has 1 atom stereocenters. The van der Waals surface area contributed by atoms with E-state index < -0.39 is 0 Å². The van der Waals surface area contributed by atoms with Crippen LogP contribution in [-0.4, -0.2) is 23.9 Å². The average Bonchev–Trinajstić information content (AvgIpc) is 2.67. The first-order chi connectivity index (χ1) is 12.3. The van der Waals surface area contributed by atoms with Crippen LogP contribution in [0.15, 0.2) is 54.6 Å². The number of fused-ring (bicyclic) bond motifs is 1. The number of benzene rings is 2. The topological polar surface area (TPSA) is 46.3 Å². The first kappa shape index (κ1) is 17.7. The van der Waals surface area contributed by atoms with E-state index in [0.717, 1.165) is 45.3 Å².